The first kappa shape index (κ1) is 13.2. The number of carbonyl (C=O) groups is 2. The van der Waals surface area contributed by atoms with Crippen molar-refractivity contribution in [1.29, 1.82) is 0 Å². The number of methoxy groups -OCH3 is 1. The molecule has 1 aromatic rings. The molecule has 0 radical (unpaired) electrons. The van der Waals surface area contributed by atoms with Crippen LogP contribution in [0.15, 0.2) is 30.3 Å². The fourth-order valence-corrected chi connectivity index (χ4v) is 1.28. The second-order valence-corrected chi connectivity index (χ2v) is 3.45. The van der Waals surface area contributed by atoms with Crippen LogP contribution in [0.3, 0.4) is 0 Å². The van der Waals surface area contributed by atoms with Gasteiger partial charge in [-0.05, 0) is 18.6 Å². The molecule has 0 unspecified atom stereocenters. The summed E-state index contributed by atoms with van der Waals surface area (Å²) in [4.78, 5) is 22.9. The van der Waals surface area contributed by atoms with Crippen molar-refractivity contribution in [3.8, 4) is 0 Å². The molecule has 5 nitrogen and oxygen atoms in total. The summed E-state index contributed by atoms with van der Waals surface area (Å²) in [5.41, 5.74) is 5.65. The summed E-state index contributed by atoms with van der Waals surface area (Å²) in [5.74, 6) is -0.686. The third-order valence-electron chi connectivity index (χ3n) is 2.29. The lowest BCUT2D eigenvalue weighted by molar-refractivity contribution is -0.143. The van der Waals surface area contributed by atoms with Gasteiger partial charge in [-0.2, -0.15) is 0 Å². The fraction of sp³-hybridized carbons (Fsp3) is 0.333. The highest BCUT2D eigenvalue weighted by Crippen LogP contribution is 1.98. The van der Waals surface area contributed by atoms with E-state index in [1.54, 1.807) is 24.3 Å². The third-order valence-corrected chi connectivity index (χ3v) is 2.29. The van der Waals surface area contributed by atoms with Crippen molar-refractivity contribution in [2.75, 3.05) is 7.11 Å². The smallest absolute Gasteiger partial charge is 0.324 e. The molecule has 0 aliphatic carbocycles. The van der Waals surface area contributed by atoms with E-state index in [0.717, 1.165) is 0 Å². The Morgan fingerprint density at radius 1 is 1.29 bits per heavy atom. The van der Waals surface area contributed by atoms with Gasteiger partial charge in [-0.15, -0.1) is 0 Å². The Kier molecular flexibility index (Phi) is 5.16. The maximum absolute atomic E-state index is 11.7. The van der Waals surface area contributed by atoms with Gasteiger partial charge in [0.15, 0.2) is 0 Å². The number of hydrazine groups is 1. The third kappa shape index (κ3) is 3.88. The van der Waals surface area contributed by atoms with E-state index in [0.29, 0.717) is 12.0 Å². The molecule has 5 heteroatoms. The molecular weight excluding hydrogens is 220 g/mol. The molecule has 17 heavy (non-hydrogen) atoms. The van der Waals surface area contributed by atoms with Crippen molar-refractivity contribution in [2.24, 2.45) is 0 Å². The molecule has 0 aliphatic heterocycles. The van der Waals surface area contributed by atoms with Crippen LogP contribution < -0.4 is 10.9 Å². The number of rotatable bonds is 5. The molecular formula is C12H16N2O3. The van der Waals surface area contributed by atoms with Gasteiger partial charge in [-0.1, -0.05) is 25.1 Å². The molecule has 2 N–H and O–H groups in total. The summed E-state index contributed by atoms with van der Waals surface area (Å²) in [6.45, 7) is 1.82. The van der Waals surface area contributed by atoms with Crippen LogP contribution in [0.2, 0.25) is 0 Å². The number of hydrogen-bond acceptors (Lipinski definition) is 4. The SMILES string of the molecule is CC[C@H](NNC(=O)c1ccccc1)C(=O)OC. The molecule has 0 heterocycles. The molecule has 0 aliphatic rings. The van der Waals surface area contributed by atoms with Crippen LogP contribution in [-0.4, -0.2) is 25.0 Å². The molecule has 0 bridgehead atoms. The van der Waals surface area contributed by atoms with Crippen LogP contribution in [-0.2, 0) is 9.53 Å². The van der Waals surface area contributed by atoms with Gasteiger partial charge in [0.1, 0.15) is 6.04 Å². The summed E-state index contributed by atoms with van der Waals surface area (Å²) in [6.07, 6.45) is 0.530. The van der Waals surface area contributed by atoms with E-state index in [1.165, 1.54) is 7.11 Å². The quantitative estimate of drug-likeness (QED) is 0.588. The van der Waals surface area contributed by atoms with E-state index in [2.05, 4.69) is 15.6 Å². The molecule has 1 aromatic carbocycles. The van der Waals surface area contributed by atoms with E-state index >= 15 is 0 Å². The number of amides is 1. The van der Waals surface area contributed by atoms with Crippen molar-refractivity contribution in [3.63, 3.8) is 0 Å². The van der Waals surface area contributed by atoms with E-state index in [1.807, 2.05) is 13.0 Å². The van der Waals surface area contributed by atoms with Crippen molar-refractivity contribution in [2.45, 2.75) is 19.4 Å². The van der Waals surface area contributed by atoms with Crippen molar-refractivity contribution < 1.29 is 14.3 Å². The van der Waals surface area contributed by atoms with Gasteiger partial charge in [0.2, 0.25) is 0 Å². The Bertz CT molecular complexity index is 379. The van der Waals surface area contributed by atoms with Crippen LogP contribution in [0.25, 0.3) is 0 Å². The largest absolute Gasteiger partial charge is 0.468 e. The Morgan fingerprint density at radius 2 is 1.94 bits per heavy atom. The van der Waals surface area contributed by atoms with Gasteiger partial charge in [0, 0.05) is 5.56 Å². The summed E-state index contributed by atoms with van der Waals surface area (Å²) in [5, 5.41) is 0. The van der Waals surface area contributed by atoms with Gasteiger partial charge in [0.05, 0.1) is 7.11 Å². The summed E-state index contributed by atoms with van der Waals surface area (Å²) >= 11 is 0. The highest BCUT2D eigenvalue weighted by atomic mass is 16.5. The van der Waals surface area contributed by atoms with Crippen molar-refractivity contribution in [3.05, 3.63) is 35.9 Å². The molecule has 1 amide bonds. The molecule has 92 valence electrons. The maximum Gasteiger partial charge on any atom is 0.324 e. The predicted molar refractivity (Wildman–Crippen MR) is 63.1 cm³/mol. The fourth-order valence-electron chi connectivity index (χ4n) is 1.28. The standard InChI is InChI=1S/C12H16N2O3/c1-3-10(12(16)17-2)13-14-11(15)9-7-5-4-6-8-9/h4-8,10,13H,3H2,1-2H3,(H,14,15)/t10-/m0/s1. The van der Waals surface area contributed by atoms with Gasteiger partial charge >= 0.3 is 5.97 Å². The molecule has 0 saturated carbocycles. The summed E-state index contributed by atoms with van der Waals surface area (Å²) in [7, 11) is 1.31. The van der Waals surface area contributed by atoms with Crippen LogP contribution in [0.5, 0.6) is 0 Å². The average Bonchev–Trinajstić information content (AvgIpc) is 2.39. The van der Waals surface area contributed by atoms with Crippen molar-refractivity contribution in [1.82, 2.24) is 10.9 Å². The van der Waals surface area contributed by atoms with Crippen LogP contribution in [0.4, 0.5) is 0 Å². The zero-order valence-corrected chi connectivity index (χ0v) is 9.90. The minimum atomic E-state index is -0.535. The molecule has 0 aromatic heterocycles. The number of esters is 1. The van der Waals surface area contributed by atoms with Gasteiger partial charge in [-0.3, -0.25) is 15.0 Å². The zero-order chi connectivity index (χ0) is 12.7. The van der Waals surface area contributed by atoms with Gasteiger partial charge in [-0.25, -0.2) is 5.43 Å². The lowest BCUT2D eigenvalue weighted by Crippen LogP contribution is -2.48. The molecule has 1 rings (SSSR count). The van der Waals surface area contributed by atoms with E-state index in [-0.39, 0.29) is 5.91 Å². The van der Waals surface area contributed by atoms with Crippen LogP contribution >= 0.6 is 0 Å². The number of benzene rings is 1. The molecule has 0 fully saturated rings. The monoisotopic (exact) mass is 236 g/mol. The van der Waals surface area contributed by atoms with Crippen LogP contribution in [0, 0.1) is 0 Å². The normalized spacial score (nSPS) is 11.6. The Morgan fingerprint density at radius 3 is 2.47 bits per heavy atom. The Labute approximate surface area is 100 Å². The minimum Gasteiger partial charge on any atom is -0.468 e. The summed E-state index contributed by atoms with van der Waals surface area (Å²) < 4.78 is 4.59. The highest BCUT2D eigenvalue weighted by Gasteiger charge is 2.17. The lowest BCUT2D eigenvalue weighted by atomic mass is 10.2. The minimum absolute atomic E-state index is 0.284. The molecule has 0 spiro atoms. The number of carbonyl (C=O) groups excluding carboxylic acids is 2. The maximum atomic E-state index is 11.7. The lowest BCUT2D eigenvalue weighted by Gasteiger charge is -2.15. The second kappa shape index (κ2) is 6.65. The summed E-state index contributed by atoms with van der Waals surface area (Å²) in [6, 6.07) is 8.21. The Balaban J connectivity index is 2.50. The first-order valence-electron chi connectivity index (χ1n) is 5.37. The number of ether oxygens (including phenoxy) is 1. The topological polar surface area (TPSA) is 67.4 Å². The highest BCUT2D eigenvalue weighted by molar-refractivity contribution is 5.94. The van der Waals surface area contributed by atoms with E-state index in [9.17, 15) is 9.59 Å². The molecule has 1 atom stereocenters. The Hall–Kier alpha value is -1.88. The average molecular weight is 236 g/mol. The van der Waals surface area contributed by atoms with E-state index < -0.39 is 12.0 Å². The van der Waals surface area contributed by atoms with Gasteiger partial charge < -0.3 is 4.74 Å². The van der Waals surface area contributed by atoms with E-state index in [4.69, 9.17) is 0 Å². The zero-order valence-electron chi connectivity index (χ0n) is 9.90. The van der Waals surface area contributed by atoms with Crippen molar-refractivity contribution >= 4 is 11.9 Å². The number of hydrogen-bond donors (Lipinski definition) is 2. The van der Waals surface area contributed by atoms with Crippen LogP contribution in [0.1, 0.15) is 23.7 Å². The first-order chi connectivity index (χ1) is 8.19. The second-order valence-electron chi connectivity index (χ2n) is 3.45. The predicted octanol–water partition coefficient (Wildman–Crippen LogP) is 0.873. The number of nitrogens with one attached hydrogen (secondary N) is 2. The van der Waals surface area contributed by atoms with Gasteiger partial charge in [0.25, 0.3) is 5.91 Å². The molecule has 0 saturated heterocycles. The first-order valence-corrected chi connectivity index (χ1v) is 5.37.